The zero-order valence-corrected chi connectivity index (χ0v) is 76.5. The summed E-state index contributed by atoms with van der Waals surface area (Å²) in [5.74, 6) is 1.26. The molecule has 0 bridgehead atoms. The summed E-state index contributed by atoms with van der Waals surface area (Å²) >= 11 is 0. The Morgan fingerprint density at radius 1 is 0.400 bits per heavy atom. The predicted octanol–water partition coefficient (Wildman–Crippen LogP) is 23.0. The molecular formula is C98H104F3Ir2N6O8SSi2-2. The number of aromatic nitrogens is 6. The van der Waals surface area contributed by atoms with Gasteiger partial charge in [0.15, 0.2) is 0 Å². The number of pyridine rings is 6. The van der Waals surface area contributed by atoms with Gasteiger partial charge in [-0.15, -0.1) is 167 Å². The van der Waals surface area contributed by atoms with E-state index in [9.17, 15) is 13.2 Å². The molecule has 8 aromatic carbocycles. The van der Waals surface area contributed by atoms with E-state index in [0.29, 0.717) is 11.8 Å². The minimum absolute atomic E-state index is 0. The van der Waals surface area contributed by atoms with Gasteiger partial charge in [0.1, 0.15) is 16.7 Å². The summed E-state index contributed by atoms with van der Waals surface area (Å²) in [5.41, 5.74) is 13.3. The van der Waals surface area contributed by atoms with Gasteiger partial charge in [0.05, 0.1) is 27.4 Å². The molecule has 16 aromatic rings. The molecule has 0 fully saturated rings. The zero-order chi connectivity index (χ0) is 85.0. The van der Waals surface area contributed by atoms with Gasteiger partial charge in [0.25, 0.3) is 0 Å². The van der Waals surface area contributed by atoms with Crippen LogP contribution in [0.2, 0.25) is 39.3 Å². The number of alkyl halides is 3. The molecule has 120 heavy (non-hydrogen) atoms. The number of furan rings is 2. The van der Waals surface area contributed by atoms with Crippen LogP contribution in [0.1, 0.15) is 53.2 Å². The second-order valence-electron chi connectivity index (χ2n) is 28.9. The molecule has 629 valence electrons. The Morgan fingerprint density at radius 3 is 1.02 bits per heavy atom. The van der Waals surface area contributed by atoms with Gasteiger partial charge in [-0.25, -0.2) is 0 Å². The van der Waals surface area contributed by atoms with Gasteiger partial charge in [-0.05, 0) is 137 Å². The molecule has 14 nitrogen and oxygen atoms in total. The van der Waals surface area contributed by atoms with Crippen LogP contribution in [0.4, 0.5) is 13.2 Å². The number of para-hydroxylation sites is 2. The fourth-order valence-electron chi connectivity index (χ4n) is 11.9. The molecular weight excluding hydrogens is 1920 g/mol. The monoisotopic (exact) mass is 2020 g/mol. The van der Waals surface area contributed by atoms with E-state index < -0.39 is 31.8 Å². The van der Waals surface area contributed by atoms with Crippen molar-refractivity contribution in [1.29, 1.82) is 0 Å². The number of benzene rings is 8. The summed E-state index contributed by atoms with van der Waals surface area (Å²) in [6.07, 6.45) is 13.6. The van der Waals surface area contributed by atoms with Crippen molar-refractivity contribution in [2.45, 2.75) is 99.7 Å². The number of hydrogen-bond acceptors (Lipinski definition) is 13. The standard InChI is InChI=1S/C24H27NOSi.C24H26NOSi.4C11H8N.C2H6O.CHF3O3S.2CH4O.CH4.2Ir/c2*1-16(2)12-18-14-21(25-15-24(18)27(3,4)5)17-10-11-23-20(13-17)19-8-6-7-9-22(19)26-23;4*1-2-6-10(7-3-1)11-8-4-5-9-12-11;1-2-3;2-1(3,4)8(5,6)7;2*1-2;;;/h6-11,13-16H,12H2,1-5H3;6-9,11,13-16H,12H2,1-5H3;4*1-6,8-9H;3H,2H2,1H3;(H,5,6,7);2*2H,1H3;1H4;;/q;5*-1;;;;;;;+3. The number of fused-ring (bicyclic) bond motifs is 6. The van der Waals surface area contributed by atoms with Crippen molar-refractivity contribution in [1.82, 2.24) is 29.9 Å². The molecule has 0 spiro atoms. The topological polar surface area (TPSA) is 219 Å². The van der Waals surface area contributed by atoms with E-state index in [4.69, 9.17) is 47.1 Å². The first-order chi connectivity index (χ1) is 56.2. The third kappa shape index (κ3) is 31.6. The van der Waals surface area contributed by atoms with E-state index in [1.54, 1.807) is 31.7 Å². The number of nitrogens with zero attached hydrogens (tertiary/aromatic N) is 6. The largest absolute Gasteiger partial charge is 3.00 e. The quantitative estimate of drug-likeness (QED) is 0.0387. The molecule has 0 saturated heterocycles. The van der Waals surface area contributed by atoms with E-state index in [2.05, 4.69) is 190 Å². The summed E-state index contributed by atoms with van der Waals surface area (Å²) in [4.78, 5) is 26.6. The first-order valence-corrected chi connectivity index (χ1v) is 46.4. The number of aliphatic hydroxyl groups excluding tert-OH is 3. The van der Waals surface area contributed by atoms with Gasteiger partial charge in [-0.1, -0.05) is 176 Å². The molecule has 8 aromatic heterocycles. The average molecular weight is 2020 g/mol. The van der Waals surface area contributed by atoms with Gasteiger partial charge in [0, 0.05) is 99.8 Å². The molecule has 0 saturated carbocycles. The molecule has 16 rings (SSSR count). The Morgan fingerprint density at radius 2 is 0.708 bits per heavy atom. The summed E-state index contributed by atoms with van der Waals surface area (Å²) < 4.78 is 69.4. The number of rotatable bonds is 12. The minimum Gasteiger partial charge on any atom is -0.500 e. The van der Waals surface area contributed by atoms with Crippen molar-refractivity contribution in [3.05, 3.63) is 339 Å². The fraction of sp³-hybridized carbons (Fsp3) is 0.204. The number of aliphatic hydroxyl groups is 3. The smallest absolute Gasteiger partial charge is 0.500 e. The molecule has 22 heteroatoms. The summed E-state index contributed by atoms with van der Waals surface area (Å²) in [7, 11) is -6.68. The van der Waals surface area contributed by atoms with Crippen LogP contribution in [0, 0.1) is 42.2 Å². The molecule has 0 aliphatic heterocycles. The van der Waals surface area contributed by atoms with Crippen LogP contribution >= 0.6 is 0 Å². The Kier molecular flexibility index (Phi) is 43.5. The maximum atomic E-state index is 10.7. The molecule has 8 heterocycles. The Bertz CT molecular complexity index is 5060. The van der Waals surface area contributed by atoms with Crippen molar-refractivity contribution in [3.8, 4) is 67.5 Å². The predicted molar refractivity (Wildman–Crippen MR) is 483 cm³/mol. The third-order valence-electron chi connectivity index (χ3n) is 17.0. The molecule has 0 atom stereocenters. The van der Waals surface area contributed by atoms with Gasteiger partial charge in [0.2, 0.25) is 0 Å². The van der Waals surface area contributed by atoms with Crippen LogP contribution in [0.3, 0.4) is 0 Å². The summed E-state index contributed by atoms with van der Waals surface area (Å²) in [6, 6.07) is 102. The van der Waals surface area contributed by atoms with Crippen molar-refractivity contribution >= 4 is 80.5 Å². The van der Waals surface area contributed by atoms with E-state index in [1.807, 2.05) is 200 Å². The maximum absolute atomic E-state index is 10.7. The van der Waals surface area contributed by atoms with Gasteiger partial charge in [-0.3, -0.25) is 9.54 Å². The van der Waals surface area contributed by atoms with Crippen LogP contribution in [-0.2, 0) is 63.2 Å². The van der Waals surface area contributed by atoms with E-state index in [-0.39, 0.29) is 54.2 Å². The fourth-order valence-corrected chi connectivity index (χ4v) is 15.0. The van der Waals surface area contributed by atoms with Crippen molar-refractivity contribution in [3.63, 3.8) is 0 Å². The molecule has 1 radical (unpaired) electrons. The zero-order valence-electron chi connectivity index (χ0n) is 68.9. The normalized spacial score (nSPS) is 10.6. The Hall–Kier alpha value is -10.4. The second-order valence-corrected chi connectivity index (χ2v) is 40.4. The van der Waals surface area contributed by atoms with Gasteiger partial charge < -0.3 is 49.1 Å². The molecule has 0 unspecified atom stereocenters. The minimum atomic E-state index is -5.84. The number of halogens is 3. The molecule has 0 aliphatic rings. The van der Waals surface area contributed by atoms with E-state index >= 15 is 0 Å². The van der Waals surface area contributed by atoms with Crippen LogP contribution in [0.25, 0.3) is 111 Å². The summed E-state index contributed by atoms with van der Waals surface area (Å²) in [6.45, 7) is 25.4. The van der Waals surface area contributed by atoms with Crippen molar-refractivity contribution < 1.29 is 90.5 Å². The van der Waals surface area contributed by atoms with Crippen LogP contribution < -0.4 is 10.4 Å². The van der Waals surface area contributed by atoms with E-state index in [0.717, 1.165) is 138 Å². The first-order valence-electron chi connectivity index (χ1n) is 38.0. The van der Waals surface area contributed by atoms with Gasteiger partial charge in [-0.2, -0.15) is 21.6 Å². The SMILES string of the molecule is C.CC(C)Cc1cc(-c2[c-]cc3oc4ccccc4c3c2)ncc1[Si](C)(C)C.CC(C)Cc1cc(-c2ccc3oc4ccccc4c3c2)ncc1[Si](C)(C)C.CCO.CO.CO.O=S(=O)(O)C(F)(F)F.[Ir+3].[Ir].[c-]1ccccc1-c1ccccn1.[c-]1ccccc1-c1ccccn1.[c-]1ccccc1-c1ccccn1.[c-]1ccccc1-c1ccccn1. The summed E-state index contributed by atoms with van der Waals surface area (Å²) in [5, 5.41) is 29.1. The van der Waals surface area contributed by atoms with Crippen LogP contribution in [-0.4, -0.2) is 101 Å². The maximum Gasteiger partial charge on any atom is 3.00 e. The van der Waals surface area contributed by atoms with Crippen molar-refractivity contribution in [2.75, 3.05) is 20.8 Å². The van der Waals surface area contributed by atoms with E-state index in [1.165, 1.54) is 21.5 Å². The van der Waals surface area contributed by atoms with Crippen LogP contribution in [0.5, 0.6) is 0 Å². The average Bonchev–Trinajstić information content (AvgIpc) is 1.59. The number of hydrogen-bond donors (Lipinski definition) is 4. The third-order valence-corrected chi connectivity index (χ3v) is 21.7. The molecule has 4 N–H and O–H groups in total. The Labute approximate surface area is 734 Å². The first kappa shape index (κ1) is 102. The van der Waals surface area contributed by atoms with Crippen LogP contribution in [0.15, 0.2) is 307 Å². The molecule has 0 aliphatic carbocycles. The molecule has 0 amide bonds. The second kappa shape index (κ2) is 51.2. The van der Waals surface area contributed by atoms with Crippen molar-refractivity contribution in [2.24, 2.45) is 11.8 Å². The van der Waals surface area contributed by atoms with Gasteiger partial charge >= 0.3 is 35.7 Å². The Balaban J connectivity index is 0.000000301.